The zero-order chi connectivity index (χ0) is 11.7. The van der Waals surface area contributed by atoms with Crippen LogP contribution in [0.1, 0.15) is 5.56 Å². The average Bonchev–Trinajstić information content (AvgIpc) is 2.68. The first-order valence-corrected chi connectivity index (χ1v) is 6.31. The molecule has 0 bridgehead atoms. The zero-order valence-corrected chi connectivity index (χ0v) is 11.0. The molecular formula is C10H10BrN3OS. The molecule has 0 aromatic carbocycles. The van der Waals surface area contributed by atoms with Gasteiger partial charge in [-0.25, -0.2) is 4.68 Å². The second-order valence-electron chi connectivity index (χ2n) is 3.31. The highest BCUT2D eigenvalue weighted by atomic mass is 79.9. The Hall–Kier alpha value is -0.980. The second kappa shape index (κ2) is 4.48. The van der Waals surface area contributed by atoms with Crippen LogP contribution in [0.15, 0.2) is 26.8 Å². The topological polar surface area (TPSA) is 60.9 Å². The van der Waals surface area contributed by atoms with Crippen LogP contribution in [0.5, 0.6) is 0 Å². The Labute approximate surface area is 105 Å². The van der Waals surface area contributed by atoms with Crippen LogP contribution < -0.4 is 11.3 Å². The number of hydrogen-bond acceptors (Lipinski definition) is 4. The van der Waals surface area contributed by atoms with Gasteiger partial charge in [0.25, 0.3) is 5.56 Å². The van der Waals surface area contributed by atoms with Crippen LogP contribution in [0.2, 0.25) is 0 Å². The molecule has 0 aliphatic carbocycles. The minimum atomic E-state index is -0.139. The number of aromatic nitrogens is 2. The van der Waals surface area contributed by atoms with Gasteiger partial charge in [-0.1, -0.05) is 0 Å². The Morgan fingerprint density at radius 3 is 2.88 bits per heavy atom. The summed E-state index contributed by atoms with van der Waals surface area (Å²) < 4.78 is 2.33. The lowest BCUT2D eigenvalue weighted by Crippen LogP contribution is -2.21. The molecule has 0 spiro atoms. The highest BCUT2D eigenvalue weighted by molar-refractivity contribution is 9.10. The van der Waals surface area contributed by atoms with Gasteiger partial charge in [0.15, 0.2) is 0 Å². The van der Waals surface area contributed by atoms with E-state index in [9.17, 15) is 4.79 Å². The van der Waals surface area contributed by atoms with Crippen molar-refractivity contribution in [3.8, 4) is 10.6 Å². The third-order valence-electron chi connectivity index (χ3n) is 2.19. The van der Waals surface area contributed by atoms with Crippen molar-refractivity contribution in [3.63, 3.8) is 0 Å². The van der Waals surface area contributed by atoms with E-state index in [1.54, 1.807) is 18.4 Å². The van der Waals surface area contributed by atoms with Crippen LogP contribution in [0.4, 0.5) is 0 Å². The lowest BCUT2D eigenvalue weighted by Gasteiger charge is -2.05. The van der Waals surface area contributed by atoms with Crippen molar-refractivity contribution in [2.45, 2.75) is 6.54 Å². The van der Waals surface area contributed by atoms with Crippen molar-refractivity contribution in [1.82, 2.24) is 9.78 Å². The number of halogens is 1. The molecule has 0 saturated heterocycles. The number of hydrogen-bond donors (Lipinski definition) is 1. The summed E-state index contributed by atoms with van der Waals surface area (Å²) >= 11 is 4.96. The van der Waals surface area contributed by atoms with Crippen molar-refractivity contribution in [2.24, 2.45) is 12.8 Å². The summed E-state index contributed by atoms with van der Waals surface area (Å²) in [7, 11) is 1.63. The Morgan fingerprint density at radius 1 is 1.56 bits per heavy atom. The van der Waals surface area contributed by atoms with Crippen molar-refractivity contribution in [3.05, 3.63) is 37.9 Å². The maximum atomic E-state index is 11.4. The molecule has 2 heterocycles. The van der Waals surface area contributed by atoms with E-state index in [0.717, 1.165) is 20.6 Å². The minimum absolute atomic E-state index is 0.139. The van der Waals surface area contributed by atoms with E-state index >= 15 is 0 Å². The molecular weight excluding hydrogens is 290 g/mol. The first kappa shape index (κ1) is 11.5. The van der Waals surface area contributed by atoms with Crippen molar-refractivity contribution >= 4 is 27.3 Å². The summed E-state index contributed by atoms with van der Waals surface area (Å²) in [6.07, 6.45) is 0. The Bertz CT molecular complexity index is 576. The van der Waals surface area contributed by atoms with E-state index in [0.29, 0.717) is 6.54 Å². The molecule has 0 aliphatic rings. The molecule has 4 nitrogen and oxygen atoms in total. The van der Waals surface area contributed by atoms with E-state index < -0.39 is 0 Å². The lowest BCUT2D eigenvalue weighted by molar-refractivity contribution is 0.705. The van der Waals surface area contributed by atoms with E-state index in [2.05, 4.69) is 21.0 Å². The van der Waals surface area contributed by atoms with Crippen LogP contribution in [0.3, 0.4) is 0 Å². The summed E-state index contributed by atoms with van der Waals surface area (Å²) in [4.78, 5) is 12.4. The molecule has 2 aromatic rings. The fraction of sp³-hybridized carbons (Fsp3) is 0.200. The molecule has 2 rings (SSSR count). The van der Waals surface area contributed by atoms with Crippen LogP contribution in [-0.4, -0.2) is 9.78 Å². The normalized spacial score (nSPS) is 10.7. The van der Waals surface area contributed by atoms with Gasteiger partial charge in [-0.3, -0.25) is 4.79 Å². The predicted molar refractivity (Wildman–Crippen MR) is 68.4 cm³/mol. The first-order chi connectivity index (χ1) is 7.61. The number of thiophene rings is 1. The van der Waals surface area contributed by atoms with E-state index in [-0.39, 0.29) is 5.56 Å². The largest absolute Gasteiger partial charge is 0.326 e. The molecule has 0 aliphatic heterocycles. The molecule has 0 unspecified atom stereocenters. The van der Waals surface area contributed by atoms with Gasteiger partial charge in [0.2, 0.25) is 0 Å². The lowest BCUT2D eigenvalue weighted by atomic mass is 10.2. The maximum absolute atomic E-state index is 11.4. The fourth-order valence-electron chi connectivity index (χ4n) is 1.37. The molecule has 16 heavy (non-hydrogen) atoms. The summed E-state index contributed by atoms with van der Waals surface area (Å²) in [6.45, 7) is 0.313. The highest BCUT2D eigenvalue weighted by Gasteiger charge is 2.10. The second-order valence-corrected chi connectivity index (χ2v) is 5.14. The summed E-state index contributed by atoms with van der Waals surface area (Å²) in [6, 6.07) is 3.51. The van der Waals surface area contributed by atoms with Crippen molar-refractivity contribution < 1.29 is 0 Å². The third-order valence-corrected chi connectivity index (χ3v) is 3.89. The first-order valence-electron chi connectivity index (χ1n) is 4.63. The van der Waals surface area contributed by atoms with Crippen LogP contribution in [0.25, 0.3) is 10.6 Å². The monoisotopic (exact) mass is 299 g/mol. The van der Waals surface area contributed by atoms with Gasteiger partial charge < -0.3 is 5.73 Å². The van der Waals surface area contributed by atoms with Crippen LogP contribution in [0, 0.1) is 0 Å². The standard InChI is InChI=1S/C10H10BrN3OS/c1-14-9(15)2-6(4-12)10(13-14)8-3-7(11)5-16-8/h2-3,5H,4,12H2,1H3. The van der Waals surface area contributed by atoms with Gasteiger partial charge in [-0.15, -0.1) is 11.3 Å². The summed E-state index contributed by atoms with van der Waals surface area (Å²) in [5.41, 5.74) is 7.03. The summed E-state index contributed by atoms with van der Waals surface area (Å²) in [5, 5.41) is 6.22. The highest BCUT2D eigenvalue weighted by Crippen LogP contribution is 2.29. The van der Waals surface area contributed by atoms with Crippen molar-refractivity contribution in [2.75, 3.05) is 0 Å². The van der Waals surface area contributed by atoms with Gasteiger partial charge in [0, 0.05) is 35.1 Å². The average molecular weight is 300 g/mol. The number of rotatable bonds is 2. The van der Waals surface area contributed by atoms with Gasteiger partial charge >= 0.3 is 0 Å². The number of nitrogens with zero attached hydrogens (tertiary/aromatic N) is 2. The molecule has 0 amide bonds. The molecule has 0 saturated carbocycles. The SMILES string of the molecule is Cn1nc(-c2cc(Br)cs2)c(CN)cc1=O. The van der Waals surface area contributed by atoms with Gasteiger partial charge in [0.1, 0.15) is 5.69 Å². The van der Waals surface area contributed by atoms with E-state index in [1.165, 1.54) is 10.7 Å². The quantitative estimate of drug-likeness (QED) is 0.919. The maximum Gasteiger partial charge on any atom is 0.266 e. The Balaban J connectivity index is 2.63. The molecule has 6 heteroatoms. The molecule has 0 atom stereocenters. The molecule has 0 fully saturated rings. The zero-order valence-electron chi connectivity index (χ0n) is 8.61. The van der Waals surface area contributed by atoms with Gasteiger partial charge in [0.05, 0.1) is 4.88 Å². The van der Waals surface area contributed by atoms with E-state index in [1.807, 2.05) is 11.4 Å². The van der Waals surface area contributed by atoms with Crippen LogP contribution in [-0.2, 0) is 13.6 Å². The number of nitrogens with two attached hydrogens (primary N) is 1. The Morgan fingerprint density at radius 2 is 2.31 bits per heavy atom. The van der Waals surface area contributed by atoms with E-state index in [4.69, 9.17) is 5.73 Å². The third kappa shape index (κ3) is 2.09. The predicted octanol–water partition coefficient (Wildman–Crippen LogP) is 1.73. The van der Waals surface area contributed by atoms with Crippen molar-refractivity contribution in [1.29, 1.82) is 0 Å². The minimum Gasteiger partial charge on any atom is -0.326 e. The fourth-order valence-corrected chi connectivity index (χ4v) is 2.82. The van der Waals surface area contributed by atoms with Gasteiger partial charge in [-0.05, 0) is 22.0 Å². The molecule has 84 valence electrons. The summed E-state index contributed by atoms with van der Waals surface area (Å²) in [5.74, 6) is 0. The number of aryl methyl sites for hydroxylation is 1. The molecule has 2 aromatic heterocycles. The molecule has 2 N–H and O–H groups in total. The molecule has 0 radical (unpaired) electrons. The van der Waals surface area contributed by atoms with Crippen LogP contribution >= 0.6 is 27.3 Å². The smallest absolute Gasteiger partial charge is 0.266 e. The Kier molecular flexibility index (Phi) is 3.22. The van der Waals surface area contributed by atoms with Gasteiger partial charge in [-0.2, -0.15) is 5.10 Å².